The first-order valence-corrected chi connectivity index (χ1v) is 6.09. The van der Waals surface area contributed by atoms with Gasteiger partial charge in [0.2, 0.25) is 0 Å². The fourth-order valence-electron chi connectivity index (χ4n) is 1.38. The minimum atomic E-state index is -0.323. The number of hydrogen-bond acceptors (Lipinski definition) is 4. The first kappa shape index (κ1) is 15.1. The van der Waals surface area contributed by atoms with Crippen LogP contribution in [0.3, 0.4) is 0 Å². The van der Waals surface area contributed by atoms with E-state index in [-0.39, 0.29) is 29.2 Å². The highest BCUT2D eigenvalue weighted by Gasteiger charge is 2.12. The second kappa shape index (κ2) is 7.48. The summed E-state index contributed by atoms with van der Waals surface area (Å²) in [4.78, 5) is 27.6. The van der Waals surface area contributed by atoms with Crippen molar-refractivity contribution in [3.8, 4) is 0 Å². The van der Waals surface area contributed by atoms with Crippen LogP contribution in [0.1, 0.15) is 34.8 Å². The molecule has 0 spiro atoms. The quantitative estimate of drug-likeness (QED) is 0.738. The number of pyridine rings is 1. The smallest absolute Gasteiger partial charge is 0.270 e. The predicted octanol–water partition coefficient (Wildman–Crippen LogP) is 0.596. The summed E-state index contributed by atoms with van der Waals surface area (Å²) in [6.07, 6.45) is 0. The lowest BCUT2D eigenvalue weighted by Gasteiger charge is -2.09. The van der Waals surface area contributed by atoms with Crippen molar-refractivity contribution < 1.29 is 14.3 Å². The first-order valence-electron chi connectivity index (χ1n) is 6.09. The molecule has 1 rings (SSSR count). The Labute approximate surface area is 112 Å². The van der Waals surface area contributed by atoms with Crippen LogP contribution < -0.4 is 10.6 Å². The van der Waals surface area contributed by atoms with Crippen molar-refractivity contribution in [1.29, 1.82) is 0 Å². The lowest BCUT2D eigenvalue weighted by molar-refractivity contribution is 0.0930. The van der Waals surface area contributed by atoms with Gasteiger partial charge in [-0.25, -0.2) is 4.98 Å². The third kappa shape index (κ3) is 5.05. The lowest BCUT2D eigenvalue weighted by atomic mass is 10.2. The molecule has 0 bridgehead atoms. The molecule has 2 amide bonds. The molecule has 104 valence electrons. The van der Waals surface area contributed by atoms with E-state index < -0.39 is 0 Å². The molecule has 0 aliphatic rings. The average Bonchev–Trinajstić information content (AvgIpc) is 2.38. The summed E-state index contributed by atoms with van der Waals surface area (Å²) < 4.78 is 4.83. The molecule has 0 saturated heterocycles. The van der Waals surface area contributed by atoms with Gasteiger partial charge in [-0.3, -0.25) is 9.59 Å². The summed E-state index contributed by atoms with van der Waals surface area (Å²) in [6.45, 7) is 4.55. The maximum atomic E-state index is 11.8. The third-order valence-corrected chi connectivity index (χ3v) is 2.23. The number of methoxy groups -OCH3 is 1. The Morgan fingerprint density at radius 1 is 1.26 bits per heavy atom. The first-order chi connectivity index (χ1) is 9.04. The molecule has 6 nitrogen and oxygen atoms in total. The van der Waals surface area contributed by atoms with Gasteiger partial charge >= 0.3 is 0 Å². The van der Waals surface area contributed by atoms with E-state index in [0.717, 1.165) is 0 Å². The molecular formula is C13H19N3O3. The van der Waals surface area contributed by atoms with Gasteiger partial charge in [0.05, 0.1) is 6.61 Å². The van der Waals surface area contributed by atoms with Crippen LogP contribution >= 0.6 is 0 Å². The van der Waals surface area contributed by atoms with Gasteiger partial charge in [-0.05, 0) is 26.0 Å². The molecule has 0 atom stereocenters. The Hall–Kier alpha value is -1.95. The minimum Gasteiger partial charge on any atom is -0.383 e. The van der Waals surface area contributed by atoms with Crippen LogP contribution in [-0.4, -0.2) is 43.1 Å². The van der Waals surface area contributed by atoms with Crippen molar-refractivity contribution >= 4 is 11.8 Å². The highest BCUT2D eigenvalue weighted by Crippen LogP contribution is 2.00. The molecule has 0 fully saturated rings. The Bertz CT molecular complexity index is 447. The van der Waals surface area contributed by atoms with Crippen LogP contribution in [-0.2, 0) is 4.74 Å². The highest BCUT2D eigenvalue weighted by atomic mass is 16.5. The number of ether oxygens (including phenoxy) is 1. The van der Waals surface area contributed by atoms with Gasteiger partial charge in [0.15, 0.2) is 0 Å². The molecule has 0 unspecified atom stereocenters. The van der Waals surface area contributed by atoms with E-state index in [1.165, 1.54) is 0 Å². The van der Waals surface area contributed by atoms with Crippen LogP contribution in [0.5, 0.6) is 0 Å². The summed E-state index contributed by atoms with van der Waals surface area (Å²) in [5.41, 5.74) is 0.445. The monoisotopic (exact) mass is 265 g/mol. The Kier molecular flexibility index (Phi) is 5.95. The van der Waals surface area contributed by atoms with Crippen molar-refractivity contribution in [3.63, 3.8) is 0 Å². The fourth-order valence-corrected chi connectivity index (χ4v) is 1.38. The maximum Gasteiger partial charge on any atom is 0.270 e. The number of nitrogens with zero attached hydrogens (tertiary/aromatic N) is 1. The normalized spacial score (nSPS) is 10.3. The van der Waals surface area contributed by atoms with E-state index in [1.807, 2.05) is 13.8 Å². The molecule has 19 heavy (non-hydrogen) atoms. The molecular weight excluding hydrogens is 246 g/mol. The Morgan fingerprint density at radius 2 is 1.89 bits per heavy atom. The van der Waals surface area contributed by atoms with Crippen LogP contribution in [0, 0.1) is 0 Å². The van der Waals surface area contributed by atoms with Crippen molar-refractivity contribution in [2.24, 2.45) is 0 Å². The van der Waals surface area contributed by atoms with Crippen LogP contribution in [0.15, 0.2) is 18.2 Å². The van der Waals surface area contributed by atoms with E-state index >= 15 is 0 Å². The summed E-state index contributed by atoms with van der Waals surface area (Å²) in [5.74, 6) is -0.613. The van der Waals surface area contributed by atoms with E-state index in [0.29, 0.717) is 13.2 Å². The fraction of sp³-hybridized carbons (Fsp3) is 0.462. The van der Waals surface area contributed by atoms with Gasteiger partial charge in [0, 0.05) is 19.7 Å². The zero-order valence-electron chi connectivity index (χ0n) is 11.4. The van der Waals surface area contributed by atoms with E-state index in [9.17, 15) is 9.59 Å². The van der Waals surface area contributed by atoms with Crippen molar-refractivity contribution in [2.75, 3.05) is 20.3 Å². The summed E-state index contributed by atoms with van der Waals surface area (Å²) in [7, 11) is 1.56. The Balaban J connectivity index is 2.71. The molecule has 0 aliphatic heterocycles. The number of carbonyl (C=O) groups excluding carboxylic acids is 2. The van der Waals surface area contributed by atoms with Crippen molar-refractivity contribution in [1.82, 2.24) is 15.6 Å². The Morgan fingerprint density at radius 3 is 2.47 bits per heavy atom. The summed E-state index contributed by atoms with van der Waals surface area (Å²) in [6, 6.07) is 4.79. The maximum absolute atomic E-state index is 11.8. The van der Waals surface area contributed by atoms with Crippen LogP contribution in [0.4, 0.5) is 0 Å². The van der Waals surface area contributed by atoms with Crippen LogP contribution in [0.2, 0.25) is 0 Å². The zero-order chi connectivity index (χ0) is 14.3. The number of carbonyl (C=O) groups is 2. The van der Waals surface area contributed by atoms with Gasteiger partial charge in [-0.1, -0.05) is 6.07 Å². The van der Waals surface area contributed by atoms with E-state index in [2.05, 4.69) is 15.6 Å². The molecule has 0 saturated carbocycles. The molecule has 1 aromatic rings. The highest BCUT2D eigenvalue weighted by molar-refractivity contribution is 5.96. The van der Waals surface area contributed by atoms with Gasteiger partial charge in [0.1, 0.15) is 11.4 Å². The zero-order valence-corrected chi connectivity index (χ0v) is 11.4. The van der Waals surface area contributed by atoms with E-state index in [4.69, 9.17) is 4.74 Å². The number of aromatic nitrogens is 1. The second-order valence-corrected chi connectivity index (χ2v) is 4.28. The van der Waals surface area contributed by atoms with Gasteiger partial charge in [-0.2, -0.15) is 0 Å². The largest absolute Gasteiger partial charge is 0.383 e. The summed E-state index contributed by atoms with van der Waals surface area (Å²) in [5, 5.41) is 5.37. The van der Waals surface area contributed by atoms with Crippen molar-refractivity contribution in [3.05, 3.63) is 29.6 Å². The van der Waals surface area contributed by atoms with Gasteiger partial charge in [-0.15, -0.1) is 0 Å². The molecule has 2 N–H and O–H groups in total. The molecule has 0 aromatic carbocycles. The third-order valence-electron chi connectivity index (χ3n) is 2.23. The van der Waals surface area contributed by atoms with Gasteiger partial charge in [0.25, 0.3) is 11.8 Å². The van der Waals surface area contributed by atoms with Crippen LogP contribution in [0.25, 0.3) is 0 Å². The second-order valence-electron chi connectivity index (χ2n) is 4.28. The number of hydrogen-bond donors (Lipinski definition) is 2. The molecule has 6 heteroatoms. The number of amides is 2. The molecule has 0 aliphatic carbocycles. The standard InChI is InChI=1S/C13H19N3O3/c1-9(2)15-13(18)11-6-4-5-10(16-11)12(17)14-7-8-19-3/h4-6,9H,7-8H2,1-3H3,(H,14,17)(H,15,18). The molecule has 0 radical (unpaired) electrons. The molecule has 1 aromatic heterocycles. The van der Waals surface area contributed by atoms with E-state index in [1.54, 1.807) is 25.3 Å². The molecule has 1 heterocycles. The number of rotatable bonds is 6. The lowest BCUT2D eigenvalue weighted by Crippen LogP contribution is -2.32. The van der Waals surface area contributed by atoms with Gasteiger partial charge < -0.3 is 15.4 Å². The predicted molar refractivity (Wildman–Crippen MR) is 71.0 cm³/mol. The topological polar surface area (TPSA) is 80.3 Å². The van der Waals surface area contributed by atoms with Crippen molar-refractivity contribution in [2.45, 2.75) is 19.9 Å². The number of nitrogens with one attached hydrogen (secondary N) is 2. The minimum absolute atomic E-state index is 0.0217. The SMILES string of the molecule is COCCNC(=O)c1cccc(C(=O)NC(C)C)n1. The average molecular weight is 265 g/mol. The summed E-state index contributed by atoms with van der Waals surface area (Å²) >= 11 is 0.